The Bertz CT molecular complexity index is 1260. The van der Waals surface area contributed by atoms with Crippen LogP contribution in [0.15, 0.2) is 72.9 Å². The molecule has 0 saturated heterocycles. The minimum absolute atomic E-state index is 0.325. The molecule has 0 unspecified atom stereocenters. The zero-order valence-electron chi connectivity index (χ0n) is 20.0. The SMILES string of the molecule is Cc1ccccc1NC(=O)[C@@H]1C(=O)C[C@](C)(O)[C@H](C(=O)Nc2ccccc2C)[C@@H]1c1ccccn1. The van der Waals surface area contributed by atoms with E-state index in [0.29, 0.717) is 17.1 Å². The van der Waals surface area contributed by atoms with E-state index in [1.165, 1.54) is 6.92 Å². The van der Waals surface area contributed by atoms with Crippen LogP contribution in [0.25, 0.3) is 0 Å². The molecule has 1 aliphatic carbocycles. The van der Waals surface area contributed by atoms with Crippen LogP contribution in [0.1, 0.15) is 36.1 Å². The summed E-state index contributed by atoms with van der Waals surface area (Å²) < 4.78 is 0. The maximum absolute atomic E-state index is 13.7. The van der Waals surface area contributed by atoms with Crippen LogP contribution in [0.3, 0.4) is 0 Å². The van der Waals surface area contributed by atoms with Gasteiger partial charge in [0.2, 0.25) is 11.8 Å². The van der Waals surface area contributed by atoms with Crippen LogP contribution < -0.4 is 10.6 Å². The average molecular weight is 472 g/mol. The molecule has 180 valence electrons. The van der Waals surface area contributed by atoms with Crippen molar-refractivity contribution in [3.05, 3.63) is 89.7 Å². The third-order valence-corrected chi connectivity index (χ3v) is 6.67. The number of anilines is 2. The van der Waals surface area contributed by atoms with Crippen molar-refractivity contribution in [1.82, 2.24) is 4.98 Å². The van der Waals surface area contributed by atoms with Gasteiger partial charge in [0.25, 0.3) is 0 Å². The van der Waals surface area contributed by atoms with Gasteiger partial charge in [-0.15, -0.1) is 0 Å². The Labute approximate surface area is 204 Å². The first-order valence-electron chi connectivity index (χ1n) is 11.6. The van der Waals surface area contributed by atoms with Crippen LogP contribution in [0, 0.1) is 25.7 Å². The normalized spacial score (nSPS) is 24.0. The lowest BCUT2D eigenvalue weighted by atomic mass is 9.62. The number of aryl methyl sites for hydroxylation is 2. The Hall–Kier alpha value is -3.84. The van der Waals surface area contributed by atoms with Gasteiger partial charge in [0.05, 0.1) is 11.5 Å². The summed E-state index contributed by atoms with van der Waals surface area (Å²) >= 11 is 0. The number of carbonyl (C=O) groups is 3. The second-order valence-corrected chi connectivity index (χ2v) is 9.34. The van der Waals surface area contributed by atoms with Crippen molar-refractivity contribution < 1.29 is 19.5 Å². The lowest BCUT2D eigenvalue weighted by molar-refractivity contribution is -0.151. The van der Waals surface area contributed by atoms with E-state index in [0.717, 1.165) is 11.1 Å². The van der Waals surface area contributed by atoms with Gasteiger partial charge >= 0.3 is 0 Å². The molecule has 35 heavy (non-hydrogen) atoms. The van der Waals surface area contributed by atoms with Crippen LogP contribution >= 0.6 is 0 Å². The second kappa shape index (κ2) is 9.80. The molecule has 0 bridgehead atoms. The van der Waals surface area contributed by atoms with E-state index in [4.69, 9.17) is 0 Å². The predicted octanol–water partition coefficient (Wildman–Crippen LogP) is 4.02. The first kappa shape index (κ1) is 24.3. The summed E-state index contributed by atoms with van der Waals surface area (Å²) in [5.74, 6) is -4.68. The van der Waals surface area contributed by atoms with Gasteiger partial charge in [-0.2, -0.15) is 0 Å². The minimum atomic E-state index is -1.68. The Morgan fingerprint density at radius 3 is 1.97 bits per heavy atom. The van der Waals surface area contributed by atoms with Gasteiger partial charge in [0.15, 0.2) is 0 Å². The van der Waals surface area contributed by atoms with Crippen LogP contribution in [0.5, 0.6) is 0 Å². The van der Waals surface area contributed by atoms with E-state index in [1.807, 2.05) is 38.1 Å². The monoisotopic (exact) mass is 471 g/mol. The second-order valence-electron chi connectivity index (χ2n) is 9.34. The number of aromatic nitrogens is 1. The highest BCUT2D eigenvalue weighted by Gasteiger charge is 2.56. The lowest BCUT2D eigenvalue weighted by Gasteiger charge is -2.44. The molecule has 3 aromatic rings. The molecule has 1 fully saturated rings. The fourth-order valence-corrected chi connectivity index (χ4v) is 4.87. The molecule has 0 aliphatic heterocycles. The Morgan fingerprint density at radius 2 is 1.43 bits per heavy atom. The van der Waals surface area contributed by atoms with Gasteiger partial charge in [0.1, 0.15) is 11.7 Å². The third kappa shape index (κ3) is 5.00. The number of carbonyl (C=O) groups excluding carboxylic acids is 3. The summed E-state index contributed by atoms with van der Waals surface area (Å²) in [4.78, 5) is 44.9. The lowest BCUT2D eigenvalue weighted by Crippen LogP contribution is -2.56. The van der Waals surface area contributed by atoms with Gasteiger partial charge in [-0.3, -0.25) is 19.4 Å². The first-order chi connectivity index (χ1) is 16.7. The molecule has 4 rings (SSSR count). The standard InChI is InChI=1S/C28H29N3O4/c1-17-10-4-6-12-19(17)30-26(33)24-22(32)16-28(3,35)25(23(24)21-14-8-9-15-29-21)27(34)31-20-13-7-5-11-18(20)2/h4-15,23-25,35H,16H2,1-3H3,(H,30,33)(H,31,34)/t23-,24-,25+,28+/m1/s1. The predicted molar refractivity (Wildman–Crippen MR) is 134 cm³/mol. The van der Waals surface area contributed by atoms with Crippen molar-refractivity contribution in [3.8, 4) is 0 Å². The number of nitrogens with zero attached hydrogens (tertiary/aromatic N) is 1. The number of ketones is 1. The highest BCUT2D eigenvalue weighted by Crippen LogP contribution is 2.46. The molecule has 7 nitrogen and oxygen atoms in total. The van der Waals surface area contributed by atoms with Crippen LogP contribution in [0.2, 0.25) is 0 Å². The van der Waals surface area contributed by atoms with Crippen LogP contribution in [-0.2, 0) is 14.4 Å². The van der Waals surface area contributed by atoms with Crippen LogP contribution in [-0.4, -0.2) is 33.3 Å². The van der Waals surface area contributed by atoms with Crippen molar-refractivity contribution >= 4 is 29.0 Å². The van der Waals surface area contributed by atoms with E-state index in [1.54, 1.807) is 48.7 Å². The summed E-state index contributed by atoms with van der Waals surface area (Å²) in [6.07, 6.45) is 1.23. The topological polar surface area (TPSA) is 108 Å². The molecule has 1 aliphatic rings. The Kier molecular flexibility index (Phi) is 6.80. The number of nitrogens with one attached hydrogen (secondary N) is 2. The van der Waals surface area contributed by atoms with Crippen LogP contribution in [0.4, 0.5) is 11.4 Å². The van der Waals surface area contributed by atoms with Gasteiger partial charge in [-0.05, 0) is 56.2 Å². The molecule has 0 spiro atoms. The maximum Gasteiger partial charge on any atom is 0.235 e. The fourth-order valence-electron chi connectivity index (χ4n) is 4.87. The Balaban J connectivity index is 1.76. The molecule has 4 atom stereocenters. The maximum atomic E-state index is 13.7. The van der Waals surface area contributed by atoms with E-state index in [2.05, 4.69) is 15.6 Å². The number of benzene rings is 2. The number of hydrogen-bond donors (Lipinski definition) is 3. The van der Waals surface area contributed by atoms with E-state index in [9.17, 15) is 19.5 Å². The number of hydrogen-bond acceptors (Lipinski definition) is 5. The zero-order chi connectivity index (χ0) is 25.2. The van der Waals surface area contributed by atoms with Crippen molar-refractivity contribution in [3.63, 3.8) is 0 Å². The summed E-state index contributed by atoms with van der Waals surface area (Å²) in [6.45, 7) is 5.20. The molecule has 7 heteroatoms. The summed E-state index contributed by atoms with van der Waals surface area (Å²) in [5.41, 5.74) is 1.62. The summed E-state index contributed by atoms with van der Waals surface area (Å²) in [6, 6.07) is 19.7. The molecule has 1 heterocycles. The largest absolute Gasteiger partial charge is 0.389 e. The van der Waals surface area contributed by atoms with E-state index in [-0.39, 0.29) is 6.42 Å². The molecular weight excluding hydrogens is 442 g/mol. The van der Waals surface area contributed by atoms with Gasteiger partial charge < -0.3 is 15.7 Å². The van der Waals surface area contributed by atoms with Crippen molar-refractivity contribution in [2.45, 2.75) is 38.7 Å². The third-order valence-electron chi connectivity index (χ3n) is 6.67. The molecule has 2 amide bonds. The quantitative estimate of drug-likeness (QED) is 0.487. The van der Waals surface area contributed by atoms with Gasteiger partial charge in [0, 0.05) is 35.6 Å². The number of rotatable bonds is 5. The van der Waals surface area contributed by atoms with Gasteiger partial charge in [-0.1, -0.05) is 42.5 Å². The number of pyridine rings is 1. The first-order valence-corrected chi connectivity index (χ1v) is 11.6. The summed E-state index contributed by atoms with van der Waals surface area (Å²) in [7, 11) is 0. The molecule has 2 aromatic carbocycles. The van der Waals surface area contributed by atoms with Gasteiger partial charge in [-0.25, -0.2) is 0 Å². The number of para-hydroxylation sites is 2. The molecule has 1 saturated carbocycles. The number of Topliss-reactive ketones (excluding diaryl/α,β-unsaturated/α-hetero) is 1. The Morgan fingerprint density at radius 1 is 0.886 bits per heavy atom. The zero-order valence-corrected chi connectivity index (χ0v) is 20.0. The highest BCUT2D eigenvalue weighted by atomic mass is 16.3. The number of amides is 2. The van der Waals surface area contributed by atoms with Crippen molar-refractivity contribution in [2.75, 3.05) is 10.6 Å². The fraction of sp³-hybridized carbons (Fsp3) is 0.286. The molecule has 1 aromatic heterocycles. The summed E-state index contributed by atoms with van der Waals surface area (Å²) in [5, 5.41) is 17.1. The average Bonchev–Trinajstić information content (AvgIpc) is 2.81. The van der Waals surface area contributed by atoms with Crippen molar-refractivity contribution in [2.24, 2.45) is 11.8 Å². The molecule has 3 N–H and O–H groups in total. The molecular formula is C28H29N3O4. The minimum Gasteiger partial charge on any atom is -0.389 e. The molecule has 0 radical (unpaired) electrons. The van der Waals surface area contributed by atoms with E-state index < -0.39 is 41.0 Å². The highest BCUT2D eigenvalue weighted by molar-refractivity contribution is 6.10. The number of aliphatic hydroxyl groups is 1. The van der Waals surface area contributed by atoms with Crippen molar-refractivity contribution in [1.29, 1.82) is 0 Å². The van der Waals surface area contributed by atoms with E-state index >= 15 is 0 Å². The smallest absolute Gasteiger partial charge is 0.235 e.